The molecule has 3 N–H and O–H groups in total. The Labute approximate surface area is 147 Å². The molecule has 1 aromatic carbocycles. The Morgan fingerprint density at radius 3 is 2.52 bits per heavy atom. The third kappa shape index (κ3) is 4.79. The molecule has 0 saturated heterocycles. The van der Waals surface area contributed by atoms with Crippen LogP contribution in [0, 0.1) is 0 Å². The summed E-state index contributed by atoms with van der Waals surface area (Å²) in [6.07, 6.45) is 0. The molecule has 2 rings (SSSR count). The smallest absolute Gasteiger partial charge is 0.263 e. The van der Waals surface area contributed by atoms with Crippen LogP contribution in [-0.4, -0.2) is 44.2 Å². The number of rotatable bonds is 4. The lowest BCUT2D eigenvalue weighted by atomic mass is 10.1. The first kappa shape index (κ1) is 18.9. The summed E-state index contributed by atoms with van der Waals surface area (Å²) in [6, 6.07) is 5.55. The first-order chi connectivity index (χ1) is 11.5. The van der Waals surface area contributed by atoms with Gasteiger partial charge in [0.2, 0.25) is 11.8 Å². The number of benzene rings is 1. The molecule has 1 aromatic rings. The highest BCUT2D eigenvalue weighted by atomic mass is 32.2. The van der Waals surface area contributed by atoms with Gasteiger partial charge in [-0.3, -0.25) is 19.3 Å². The maximum absolute atomic E-state index is 12.1. The first-order valence-electron chi connectivity index (χ1n) is 7.78. The largest absolute Gasteiger partial charge is 0.350 e. The molecule has 1 aliphatic rings. The molecule has 9 heteroatoms. The minimum absolute atomic E-state index is 0.123. The van der Waals surface area contributed by atoms with Crippen LogP contribution < -0.4 is 15.4 Å². The van der Waals surface area contributed by atoms with Crippen LogP contribution in [0.25, 0.3) is 0 Å². The molecular weight excluding hydrogens is 344 g/mol. The monoisotopic (exact) mass is 366 g/mol. The van der Waals surface area contributed by atoms with Gasteiger partial charge in [-0.1, -0.05) is 12.1 Å². The first-order valence-corrected chi connectivity index (χ1v) is 9.27. The molecule has 0 saturated carbocycles. The summed E-state index contributed by atoms with van der Waals surface area (Å²) in [4.78, 5) is 28.1. The number of aliphatic imine (C=N–C) groups is 1. The predicted molar refractivity (Wildman–Crippen MR) is 93.7 cm³/mol. The number of hydrogen-bond acceptors (Lipinski definition) is 5. The zero-order valence-electron chi connectivity index (χ0n) is 14.6. The van der Waals surface area contributed by atoms with E-state index in [0.29, 0.717) is 5.56 Å². The molecule has 1 heterocycles. The van der Waals surface area contributed by atoms with Gasteiger partial charge < -0.3 is 10.6 Å². The van der Waals surface area contributed by atoms with Crippen molar-refractivity contribution < 1.29 is 18.0 Å². The summed E-state index contributed by atoms with van der Waals surface area (Å²) in [5.41, 5.74) is 0.0343. The normalized spacial score (nSPS) is 18.2. The molecular formula is C16H22N4O4S. The van der Waals surface area contributed by atoms with E-state index in [0.717, 1.165) is 0 Å². The number of sulfonamides is 1. The highest BCUT2D eigenvalue weighted by Gasteiger charge is 2.31. The van der Waals surface area contributed by atoms with Crippen LogP contribution in [0.1, 0.15) is 33.3 Å². The van der Waals surface area contributed by atoms with Gasteiger partial charge in [0.1, 0.15) is 11.9 Å². The molecule has 0 spiro atoms. The lowest BCUT2D eigenvalue weighted by molar-refractivity contribution is -0.127. The summed E-state index contributed by atoms with van der Waals surface area (Å²) in [7, 11) is -3.65. The number of nitrogens with one attached hydrogen (secondary N) is 3. The van der Waals surface area contributed by atoms with Crippen LogP contribution in [0.15, 0.2) is 34.2 Å². The fourth-order valence-corrected chi connectivity index (χ4v) is 3.50. The Hall–Kier alpha value is -2.42. The number of carbonyl (C=O) groups excluding carboxylic acids is 2. The van der Waals surface area contributed by atoms with E-state index in [1.165, 1.54) is 13.0 Å². The molecule has 0 radical (unpaired) electrons. The SMILES string of the molecule is C[C@H](N=C1NS(=O)(=O)c2ccccc21)C(=O)NCC(=O)NC(C)(C)C. The summed E-state index contributed by atoms with van der Waals surface area (Å²) in [5, 5.41) is 5.22. The zero-order valence-corrected chi connectivity index (χ0v) is 15.4. The van der Waals surface area contributed by atoms with E-state index < -0.39 is 22.0 Å². The average molecular weight is 366 g/mol. The van der Waals surface area contributed by atoms with Gasteiger partial charge >= 0.3 is 0 Å². The van der Waals surface area contributed by atoms with Gasteiger partial charge in [-0.05, 0) is 39.8 Å². The van der Waals surface area contributed by atoms with E-state index in [1.54, 1.807) is 18.2 Å². The Morgan fingerprint density at radius 2 is 1.88 bits per heavy atom. The van der Waals surface area contributed by atoms with Gasteiger partial charge in [0, 0.05) is 11.1 Å². The third-order valence-corrected chi connectivity index (χ3v) is 4.70. The Morgan fingerprint density at radius 1 is 1.24 bits per heavy atom. The van der Waals surface area contributed by atoms with Gasteiger partial charge in [0.05, 0.1) is 11.4 Å². The molecule has 0 unspecified atom stereocenters. The summed E-state index contributed by atoms with van der Waals surface area (Å²) >= 11 is 0. The van der Waals surface area contributed by atoms with Crippen LogP contribution in [0.3, 0.4) is 0 Å². The van der Waals surface area contributed by atoms with Gasteiger partial charge in [-0.2, -0.15) is 0 Å². The summed E-state index contributed by atoms with van der Waals surface area (Å²) in [5.74, 6) is -0.662. The zero-order chi connectivity index (χ0) is 18.8. The summed E-state index contributed by atoms with van der Waals surface area (Å²) < 4.78 is 26.4. The average Bonchev–Trinajstić information content (AvgIpc) is 2.74. The molecule has 1 aliphatic heterocycles. The summed E-state index contributed by atoms with van der Waals surface area (Å²) in [6.45, 7) is 6.87. The van der Waals surface area contributed by atoms with E-state index in [9.17, 15) is 18.0 Å². The second kappa shape index (κ2) is 6.83. The molecule has 0 bridgehead atoms. The van der Waals surface area contributed by atoms with Crippen molar-refractivity contribution in [3.63, 3.8) is 0 Å². The fraction of sp³-hybridized carbons (Fsp3) is 0.438. The molecule has 0 aliphatic carbocycles. The highest BCUT2D eigenvalue weighted by molar-refractivity contribution is 7.90. The van der Waals surface area contributed by atoms with Gasteiger partial charge in [0.25, 0.3) is 10.0 Å². The van der Waals surface area contributed by atoms with Crippen molar-refractivity contribution in [1.82, 2.24) is 15.4 Å². The van der Waals surface area contributed by atoms with Crippen LogP contribution in [0.4, 0.5) is 0 Å². The topological polar surface area (TPSA) is 117 Å². The molecule has 2 amide bonds. The number of fused-ring (bicyclic) bond motifs is 1. The van der Waals surface area contributed by atoms with Crippen molar-refractivity contribution in [3.05, 3.63) is 29.8 Å². The van der Waals surface area contributed by atoms with E-state index in [1.807, 2.05) is 20.8 Å². The van der Waals surface area contributed by atoms with Crippen molar-refractivity contribution in [2.75, 3.05) is 6.54 Å². The minimum Gasteiger partial charge on any atom is -0.350 e. The maximum Gasteiger partial charge on any atom is 0.263 e. The second-order valence-electron chi connectivity index (χ2n) is 6.77. The van der Waals surface area contributed by atoms with E-state index in [2.05, 4.69) is 20.3 Å². The standard InChI is InChI=1S/C16H22N4O4S/c1-10(15(22)17-9-13(21)19-16(2,3)4)18-14-11-7-5-6-8-12(11)25(23,24)20-14/h5-8,10H,9H2,1-4H3,(H,17,22)(H,18,20)(H,19,21)/t10-/m0/s1. The van der Waals surface area contributed by atoms with Gasteiger partial charge in [-0.15, -0.1) is 0 Å². The molecule has 0 aromatic heterocycles. The molecule has 1 atom stereocenters. The van der Waals surface area contributed by atoms with Crippen molar-refractivity contribution in [2.24, 2.45) is 4.99 Å². The molecule has 25 heavy (non-hydrogen) atoms. The maximum atomic E-state index is 12.1. The van der Waals surface area contributed by atoms with E-state index in [4.69, 9.17) is 0 Å². The van der Waals surface area contributed by atoms with Gasteiger partial charge in [0.15, 0.2) is 0 Å². The molecule has 8 nitrogen and oxygen atoms in total. The number of amides is 2. The van der Waals surface area contributed by atoms with Crippen LogP contribution >= 0.6 is 0 Å². The Kier molecular flexibility index (Phi) is 5.17. The minimum atomic E-state index is -3.65. The van der Waals surface area contributed by atoms with Crippen molar-refractivity contribution >= 4 is 27.7 Å². The fourth-order valence-electron chi connectivity index (χ4n) is 2.26. The number of amidine groups is 1. The van der Waals surface area contributed by atoms with Gasteiger partial charge in [-0.25, -0.2) is 8.42 Å². The second-order valence-corrected chi connectivity index (χ2v) is 8.42. The number of hydrogen-bond donors (Lipinski definition) is 3. The van der Waals surface area contributed by atoms with Crippen molar-refractivity contribution in [2.45, 2.75) is 44.2 Å². The Bertz CT molecular complexity index is 825. The lowest BCUT2D eigenvalue weighted by Crippen LogP contribution is -2.47. The third-order valence-electron chi connectivity index (χ3n) is 3.30. The van der Waals surface area contributed by atoms with Crippen LogP contribution in [0.5, 0.6) is 0 Å². The number of nitrogens with zero attached hydrogens (tertiary/aromatic N) is 1. The lowest BCUT2D eigenvalue weighted by Gasteiger charge is -2.20. The van der Waals surface area contributed by atoms with E-state index in [-0.39, 0.29) is 28.7 Å². The Balaban J connectivity index is 2.05. The highest BCUT2D eigenvalue weighted by Crippen LogP contribution is 2.22. The van der Waals surface area contributed by atoms with E-state index >= 15 is 0 Å². The van der Waals surface area contributed by atoms with Crippen LogP contribution in [-0.2, 0) is 19.6 Å². The molecule has 136 valence electrons. The predicted octanol–water partition coefficient (Wildman–Crippen LogP) is 0.145. The number of carbonyl (C=O) groups is 2. The molecule has 0 fully saturated rings. The van der Waals surface area contributed by atoms with Crippen molar-refractivity contribution in [1.29, 1.82) is 0 Å². The van der Waals surface area contributed by atoms with Crippen LogP contribution in [0.2, 0.25) is 0 Å². The quantitative estimate of drug-likeness (QED) is 0.703. The van der Waals surface area contributed by atoms with Crippen molar-refractivity contribution in [3.8, 4) is 0 Å².